The van der Waals surface area contributed by atoms with E-state index in [9.17, 15) is 15.3 Å². The summed E-state index contributed by atoms with van der Waals surface area (Å²) in [5.41, 5.74) is 0. The van der Waals surface area contributed by atoms with E-state index in [0.717, 1.165) is 6.42 Å². The summed E-state index contributed by atoms with van der Waals surface area (Å²) in [4.78, 5) is 0. The molecule has 0 amide bonds. The summed E-state index contributed by atoms with van der Waals surface area (Å²) in [6, 6.07) is 0. The van der Waals surface area contributed by atoms with Crippen molar-refractivity contribution in [1.82, 2.24) is 0 Å². The molecule has 5 nitrogen and oxygen atoms in total. The second-order valence-corrected chi connectivity index (χ2v) is 3.49. The highest BCUT2D eigenvalue weighted by Gasteiger charge is 2.25. The van der Waals surface area contributed by atoms with Crippen LogP contribution in [-0.4, -0.2) is 56.6 Å². The fourth-order valence-electron chi connectivity index (χ4n) is 1.23. The first-order valence-corrected chi connectivity index (χ1v) is 4.86. The summed E-state index contributed by atoms with van der Waals surface area (Å²) < 4.78 is 0. The van der Waals surface area contributed by atoms with E-state index in [-0.39, 0.29) is 6.42 Å². The van der Waals surface area contributed by atoms with Gasteiger partial charge in [-0.25, -0.2) is 0 Å². The maximum absolute atomic E-state index is 9.34. The fourth-order valence-corrected chi connectivity index (χ4v) is 1.23. The number of aliphatic hydroxyl groups excluding tert-OH is 5. The minimum absolute atomic E-state index is 0.00602. The molecule has 14 heavy (non-hydrogen) atoms. The molecule has 0 saturated carbocycles. The first kappa shape index (κ1) is 13.8. The van der Waals surface area contributed by atoms with E-state index in [1.54, 1.807) is 0 Å². The molecule has 0 aliphatic heterocycles. The molecule has 4 unspecified atom stereocenters. The van der Waals surface area contributed by atoms with Gasteiger partial charge in [0.2, 0.25) is 0 Å². The van der Waals surface area contributed by atoms with E-state index in [0.29, 0.717) is 6.42 Å². The van der Waals surface area contributed by atoms with Gasteiger partial charge in [0.1, 0.15) is 12.2 Å². The van der Waals surface area contributed by atoms with Crippen LogP contribution in [0.3, 0.4) is 0 Å². The van der Waals surface area contributed by atoms with Gasteiger partial charge in [-0.15, -0.1) is 0 Å². The lowest BCUT2D eigenvalue weighted by Crippen LogP contribution is -2.41. The zero-order chi connectivity index (χ0) is 11.1. The zero-order valence-electron chi connectivity index (χ0n) is 8.37. The third-order valence-corrected chi connectivity index (χ3v) is 2.11. The molecule has 0 bridgehead atoms. The second-order valence-electron chi connectivity index (χ2n) is 3.49. The highest BCUT2D eigenvalue weighted by Crippen LogP contribution is 2.10. The zero-order valence-corrected chi connectivity index (χ0v) is 8.37. The van der Waals surface area contributed by atoms with Crippen molar-refractivity contribution in [3.8, 4) is 0 Å². The Morgan fingerprint density at radius 2 is 1.57 bits per heavy atom. The van der Waals surface area contributed by atoms with E-state index >= 15 is 0 Å². The van der Waals surface area contributed by atoms with Gasteiger partial charge in [0, 0.05) is 6.42 Å². The van der Waals surface area contributed by atoms with Crippen molar-refractivity contribution in [3.05, 3.63) is 0 Å². The van der Waals surface area contributed by atoms with Crippen LogP contribution in [0.4, 0.5) is 0 Å². The summed E-state index contributed by atoms with van der Waals surface area (Å²) in [5.74, 6) is 0. The maximum Gasteiger partial charge on any atom is 0.108 e. The third kappa shape index (κ3) is 4.88. The molecule has 5 N–H and O–H groups in total. The normalized spacial score (nSPS) is 20.1. The Kier molecular flexibility index (Phi) is 7.04. The molecule has 0 aliphatic rings. The first-order chi connectivity index (χ1) is 6.52. The van der Waals surface area contributed by atoms with E-state index in [4.69, 9.17) is 10.2 Å². The van der Waals surface area contributed by atoms with Crippen molar-refractivity contribution in [3.63, 3.8) is 0 Å². The molecule has 4 atom stereocenters. The van der Waals surface area contributed by atoms with E-state index in [1.807, 2.05) is 6.92 Å². The van der Waals surface area contributed by atoms with Crippen LogP contribution in [-0.2, 0) is 0 Å². The van der Waals surface area contributed by atoms with Gasteiger partial charge in [-0.2, -0.15) is 0 Å². The van der Waals surface area contributed by atoms with Gasteiger partial charge in [-0.1, -0.05) is 13.3 Å². The molecule has 86 valence electrons. The standard InChI is InChI=1S/C9H20O5/c1-2-3-6(11)4-7(12)9(14)8(13)5-10/h6-14H,2-5H2,1H3. The molecular weight excluding hydrogens is 188 g/mol. The molecule has 0 fully saturated rings. The van der Waals surface area contributed by atoms with Gasteiger partial charge in [-0.3, -0.25) is 0 Å². The Hall–Kier alpha value is -0.200. The van der Waals surface area contributed by atoms with Crippen LogP contribution < -0.4 is 0 Å². The highest BCUT2D eigenvalue weighted by atomic mass is 16.4. The van der Waals surface area contributed by atoms with E-state index in [2.05, 4.69) is 0 Å². The molecule has 0 aromatic carbocycles. The van der Waals surface area contributed by atoms with E-state index in [1.165, 1.54) is 0 Å². The number of aliphatic hydroxyl groups is 5. The first-order valence-electron chi connectivity index (χ1n) is 4.86. The van der Waals surface area contributed by atoms with Crippen molar-refractivity contribution in [1.29, 1.82) is 0 Å². The lowest BCUT2D eigenvalue weighted by molar-refractivity contribution is -0.0881. The van der Waals surface area contributed by atoms with Crippen LogP contribution in [0.15, 0.2) is 0 Å². The maximum atomic E-state index is 9.34. The molecular formula is C9H20O5. The molecule has 0 spiro atoms. The molecule has 0 aromatic rings. The third-order valence-electron chi connectivity index (χ3n) is 2.11. The largest absolute Gasteiger partial charge is 0.394 e. The van der Waals surface area contributed by atoms with Gasteiger partial charge in [0.25, 0.3) is 0 Å². The van der Waals surface area contributed by atoms with Gasteiger partial charge in [-0.05, 0) is 6.42 Å². The van der Waals surface area contributed by atoms with Crippen molar-refractivity contribution < 1.29 is 25.5 Å². The van der Waals surface area contributed by atoms with Crippen LogP contribution in [0.25, 0.3) is 0 Å². The van der Waals surface area contributed by atoms with E-state index < -0.39 is 31.0 Å². The van der Waals surface area contributed by atoms with Gasteiger partial charge in [0.15, 0.2) is 0 Å². The number of rotatable bonds is 7. The molecule has 0 heterocycles. The molecule has 0 rings (SSSR count). The fraction of sp³-hybridized carbons (Fsp3) is 1.00. The SMILES string of the molecule is CCCC(O)CC(O)C(O)C(O)CO. The summed E-state index contributed by atoms with van der Waals surface area (Å²) >= 11 is 0. The predicted molar refractivity (Wildman–Crippen MR) is 50.6 cm³/mol. The minimum atomic E-state index is -1.41. The van der Waals surface area contributed by atoms with Crippen molar-refractivity contribution in [2.24, 2.45) is 0 Å². The van der Waals surface area contributed by atoms with Crippen LogP contribution >= 0.6 is 0 Å². The van der Waals surface area contributed by atoms with Crippen molar-refractivity contribution in [2.45, 2.75) is 50.6 Å². The summed E-state index contributed by atoms with van der Waals surface area (Å²) in [6.07, 6.45) is -3.34. The Bertz CT molecular complexity index is 141. The predicted octanol–water partition coefficient (Wildman–Crippen LogP) is -1.39. The summed E-state index contributed by atoms with van der Waals surface area (Å²) in [7, 11) is 0. The topological polar surface area (TPSA) is 101 Å². The minimum Gasteiger partial charge on any atom is -0.394 e. The highest BCUT2D eigenvalue weighted by molar-refractivity contribution is 4.76. The summed E-state index contributed by atoms with van der Waals surface area (Å²) in [5, 5.41) is 45.4. The smallest absolute Gasteiger partial charge is 0.108 e. The average molecular weight is 208 g/mol. The van der Waals surface area contributed by atoms with Gasteiger partial charge < -0.3 is 25.5 Å². The lowest BCUT2D eigenvalue weighted by atomic mass is 10.0. The van der Waals surface area contributed by atoms with Crippen LogP contribution in [0.2, 0.25) is 0 Å². The number of hydrogen-bond acceptors (Lipinski definition) is 5. The molecule has 0 aliphatic carbocycles. The Morgan fingerprint density at radius 3 is 2.00 bits per heavy atom. The summed E-state index contributed by atoms with van der Waals surface area (Å²) in [6.45, 7) is 1.29. The van der Waals surface area contributed by atoms with Crippen LogP contribution in [0.5, 0.6) is 0 Å². The molecule has 0 radical (unpaired) electrons. The van der Waals surface area contributed by atoms with Crippen molar-refractivity contribution in [2.75, 3.05) is 6.61 Å². The second kappa shape index (κ2) is 7.14. The monoisotopic (exact) mass is 208 g/mol. The Balaban J connectivity index is 3.87. The quantitative estimate of drug-likeness (QED) is 0.355. The molecule has 0 aromatic heterocycles. The number of hydrogen-bond donors (Lipinski definition) is 5. The van der Waals surface area contributed by atoms with Gasteiger partial charge in [0.05, 0.1) is 18.8 Å². The molecule has 5 heteroatoms. The van der Waals surface area contributed by atoms with Crippen LogP contribution in [0, 0.1) is 0 Å². The van der Waals surface area contributed by atoms with Crippen molar-refractivity contribution >= 4 is 0 Å². The van der Waals surface area contributed by atoms with Gasteiger partial charge >= 0.3 is 0 Å². The Labute approximate surface area is 83.6 Å². The van der Waals surface area contributed by atoms with Crippen LogP contribution in [0.1, 0.15) is 26.2 Å². The average Bonchev–Trinajstić information content (AvgIpc) is 2.15. The molecule has 0 saturated heterocycles. The Morgan fingerprint density at radius 1 is 1.00 bits per heavy atom. The lowest BCUT2D eigenvalue weighted by Gasteiger charge is -2.23.